The van der Waals surface area contributed by atoms with E-state index in [2.05, 4.69) is 23.2 Å². The van der Waals surface area contributed by atoms with Gasteiger partial charge in [0.05, 0.1) is 16.8 Å². The molecule has 1 aromatic carbocycles. The number of thioether (sulfide) groups is 1. The number of rotatable bonds is 6. The maximum Gasteiger partial charge on any atom is 0.244 e. The Morgan fingerprint density at radius 3 is 2.67 bits per heavy atom. The molecule has 8 heteroatoms. The molecule has 2 heterocycles. The van der Waals surface area contributed by atoms with E-state index in [0.717, 1.165) is 32.1 Å². The summed E-state index contributed by atoms with van der Waals surface area (Å²) in [5.74, 6) is 0.331. The molecule has 0 radical (unpaired) electrons. The van der Waals surface area contributed by atoms with E-state index in [0.29, 0.717) is 18.1 Å². The lowest BCUT2D eigenvalue weighted by molar-refractivity contribution is -0.129. The minimum atomic E-state index is -3.46. The van der Waals surface area contributed by atoms with E-state index in [4.69, 9.17) is 0 Å². The summed E-state index contributed by atoms with van der Waals surface area (Å²) in [6, 6.07) is 11.8. The third-order valence-electron chi connectivity index (χ3n) is 5.95. The van der Waals surface area contributed by atoms with E-state index in [1.807, 2.05) is 18.0 Å². The van der Waals surface area contributed by atoms with Crippen LogP contribution in [0.3, 0.4) is 0 Å². The Kier molecular flexibility index (Phi) is 6.46. The summed E-state index contributed by atoms with van der Waals surface area (Å²) in [4.78, 5) is 19.1. The van der Waals surface area contributed by atoms with Gasteiger partial charge in [-0.2, -0.15) is 4.31 Å². The van der Waals surface area contributed by atoms with Crippen molar-refractivity contribution in [3.8, 4) is 0 Å². The molecule has 30 heavy (non-hydrogen) atoms. The molecule has 1 saturated heterocycles. The van der Waals surface area contributed by atoms with E-state index in [1.54, 1.807) is 12.1 Å². The molecule has 2 aromatic rings. The van der Waals surface area contributed by atoms with Crippen molar-refractivity contribution >= 4 is 27.7 Å². The average molecular weight is 446 g/mol. The Morgan fingerprint density at radius 1 is 1.17 bits per heavy atom. The van der Waals surface area contributed by atoms with Gasteiger partial charge in [0.25, 0.3) is 0 Å². The zero-order valence-electron chi connectivity index (χ0n) is 17.2. The second-order valence-corrected chi connectivity index (χ2v) is 10.8. The monoisotopic (exact) mass is 445 g/mol. The van der Waals surface area contributed by atoms with Crippen LogP contribution in [0.15, 0.2) is 52.5 Å². The van der Waals surface area contributed by atoms with Gasteiger partial charge in [0.15, 0.2) is 0 Å². The molecule has 0 N–H and O–H groups in total. The molecule has 1 unspecified atom stereocenters. The van der Waals surface area contributed by atoms with Gasteiger partial charge < -0.3 is 4.90 Å². The summed E-state index contributed by atoms with van der Waals surface area (Å²) < 4.78 is 26.7. The first-order valence-electron chi connectivity index (χ1n) is 10.4. The summed E-state index contributed by atoms with van der Waals surface area (Å²) in [5.41, 5.74) is 2.58. The van der Waals surface area contributed by atoms with Crippen molar-refractivity contribution in [2.24, 2.45) is 0 Å². The number of aryl methyl sites for hydroxylation is 1. The van der Waals surface area contributed by atoms with Crippen LogP contribution in [-0.4, -0.2) is 54.4 Å². The number of hydrogen-bond donors (Lipinski definition) is 0. The van der Waals surface area contributed by atoms with Gasteiger partial charge >= 0.3 is 0 Å². The zero-order valence-corrected chi connectivity index (χ0v) is 18.8. The van der Waals surface area contributed by atoms with Crippen molar-refractivity contribution in [3.05, 3.63) is 53.7 Å². The smallest absolute Gasteiger partial charge is 0.244 e. The van der Waals surface area contributed by atoms with Gasteiger partial charge in [-0.1, -0.05) is 36.0 Å². The second-order valence-electron chi connectivity index (χ2n) is 7.84. The van der Waals surface area contributed by atoms with Crippen molar-refractivity contribution in [2.45, 2.75) is 48.1 Å². The first kappa shape index (κ1) is 21.3. The maximum absolute atomic E-state index is 12.8. The zero-order chi connectivity index (χ0) is 21.1. The van der Waals surface area contributed by atoms with Crippen LogP contribution in [0.25, 0.3) is 0 Å². The van der Waals surface area contributed by atoms with E-state index in [-0.39, 0.29) is 22.6 Å². The Bertz CT molecular complexity index is 1000. The molecule has 4 rings (SSSR count). The number of sulfonamides is 1. The first-order valence-corrected chi connectivity index (χ1v) is 12.8. The molecule has 160 valence electrons. The van der Waals surface area contributed by atoms with Crippen LogP contribution in [0.2, 0.25) is 0 Å². The minimum absolute atomic E-state index is 0.0530. The summed E-state index contributed by atoms with van der Waals surface area (Å²) >= 11 is 1.34. The molecule has 0 saturated carbocycles. The molecule has 1 aliphatic heterocycles. The highest BCUT2D eigenvalue weighted by atomic mass is 32.2. The topological polar surface area (TPSA) is 70.6 Å². The summed E-state index contributed by atoms with van der Waals surface area (Å²) in [6.07, 6.45) is 6.34. The van der Waals surface area contributed by atoms with Crippen LogP contribution >= 0.6 is 11.8 Å². The largest absolute Gasteiger partial charge is 0.338 e. The number of pyridine rings is 1. The molecule has 1 amide bonds. The Balaban J connectivity index is 1.37. The van der Waals surface area contributed by atoms with E-state index < -0.39 is 10.0 Å². The van der Waals surface area contributed by atoms with Gasteiger partial charge in [-0.15, -0.1) is 0 Å². The third kappa shape index (κ3) is 4.40. The first-order chi connectivity index (χ1) is 14.5. The lowest BCUT2D eigenvalue weighted by atomic mass is 9.87. The number of carbonyl (C=O) groups excluding carboxylic acids is 1. The second kappa shape index (κ2) is 9.08. The lowest BCUT2D eigenvalue weighted by Gasteiger charge is -2.33. The van der Waals surface area contributed by atoms with Crippen molar-refractivity contribution in [1.82, 2.24) is 14.2 Å². The molecular weight excluding hydrogens is 418 g/mol. The van der Waals surface area contributed by atoms with E-state index in [1.165, 1.54) is 33.4 Å². The fraction of sp³-hybridized carbons (Fsp3) is 0.455. The number of fused-ring (bicyclic) bond motifs is 1. The Hall–Kier alpha value is -1.90. The quantitative estimate of drug-likeness (QED) is 0.637. The Morgan fingerprint density at radius 2 is 1.93 bits per heavy atom. The van der Waals surface area contributed by atoms with Gasteiger partial charge in [-0.3, -0.25) is 4.79 Å². The van der Waals surface area contributed by atoms with Gasteiger partial charge in [0.1, 0.15) is 4.90 Å². The van der Waals surface area contributed by atoms with E-state index in [9.17, 15) is 13.2 Å². The number of carbonyl (C=O) groups is 1. The van der Waals surface area contributed by atoms with Crippen molar-refractivity contribution in [3.63, 3.8) is 0 Å². The van der Waals surface area contributed by atoms with Gasteiger partial charge in [-0.05, 0) is 55.4 Å². The summed E-state index contributed by atoms with van der Waals surface area (Å²) in [6.45, 7) is 1.15. The highest BCUT2D eigenvalue weighted by molar-refractivity contribution is 7.99. The molecule has 0 bridgehead atoms. The normalized spacial score (nSPS) is 19.4. The van der Waals surface area contributed by atoms with Gasteiger partial charge in [0, 0.05) is 26.3 Å². The highest BCUT2D eigenvalue weighted by Gasteiger charge is 2.28. The standard InChI is InChI=1S/C22H27N3O3S2/c1-24(20-10-6-8-17-7-2-3-9-19(17)20)22(26)16-29-21-12-11-18(15-23-21)30(27,28)25-13-4-5-14-25/h2-3,7,9,11-12,15,20H,4-6,8,10,13-14,16H2,1H3. The summed E-state index contributed by atoms with van der Waals surface area (Å²) in [5, 5.41) is 0.654. The molecular formula is C22H27N3O3S2. The minimum Gasteiger partial charge on any atom is -0.338 e. The summed E-state index contributed by atoms with van der Waals surface area (Å²) in [7, 11) is -1.59. The fourth-order valence-electron chi connectivity index (χ4n) is 4.22. The van der Waals surface area contributed by atoms with Crippen molar-refractivity contribution < 1.29 is 13.2 Å². The highest BCUT2D eigenvalue weighted by Crippen LogP contribution is 2.34. The molecule has 1 aliphatic carbocycles. The average Bonchev–Trinajstić information content (AvgIpc) is 3.33. The predicted octanol–water partition coefficient (Wildman–Crippen LogP) is 3.49. The number of amides is 1. The van der Waals surface area contributed by atoms with Crippen LogP contribution in [0.4, 0.5) is 0 Å². The maximum atomic E-state index is 12.8. The van der Waals surface area contributed by atoms with Gasteiger partial charge in [0.2, 0.25) is 15.9 Å². The number of hydrogen-bond acceptors (Lipinski definition) is 5. The molecule has 6 nitrogen and oxygen atoms in total. The molecule has 2 aliphatic rings. The van der Waals surface area contributed by atoms with Crippen LogP contribution in [0.1, 0.15) is 42.9 Å². The van der Waals surface area contributed by atoms with Crippen LogP contribution in [0, 0.1) is 0 Å². The third-order valence-corrected chi connectivity index (χ3v) is 8.76. The Labute approximate surface area is 182 Å². The van der Waals surface area contributed by atoms with Crippen molar-refractivity contribution in [1.29, 1.82) is 0 Å². The fourth-order valence-corrected chi connectivity index (χ4v) is 6.45. The van der Waals surface area contributed by atoms with Crippen LogP contribution < -0.4 is 0 Å². The number of benzene rings is 1. The predicted molar refractivity (Wildman–Crippen MR) is 118 cm³/mol. The molecule has 0 spiro atoms. The number of aromatic nitrogens is 1. The lowest BCUT2D eigenvalue weighted by Crippen LogP contribution is -2.34. The number of nitrogens with zero attached hydrogens (tertiary/aromatic N) is 3. The van der Waals surface area contributed by atoms with Crippen LogP contribution in [-0.2, 0) is 21.2 Å². The molecule has 1 fully saturated rings. The SMILES string of the molecule is CN(C(=O)CSc1ccc(S(=O)(=O)N2CCCC2)cn1)C1CCCc2ccccc21. The molecule has 1 atom stereocenters. The molecule has 1 aromatic heterocycles. The van der Waals surface area contributed by atoms with E-state index >= 15 is 0 Å². The van der Waals surface area contributed by atoms with Crippen LogP contribution in [0.5, 0.6) is 0 Å². The van der Waals surface area contributed by atoms with Gasteiger partial charge in [-0.25, -0.2) is 13.4 Å². The van der Waals surface area contributed by atoms with Crippen molar-refractivity contribution in [2.75, 3.05) is 25.9 Å².